The minimum absolute atomic E-state index is 0.0155. The molecule has 62 heavy (non-hydrogen) atoms. The average Bonchev–Trinajstić information content (AvgIpc) is 3.26. The monoisotopic (exact) mass is 898 g/mol. The molecule has 0 aliphatic rings. The van der Waals surface area contributed by atoms with Gasteiger partial charge in [-0.05, 0) is 71.3 Å². The topological polar surface area (TPSA) is 120 Å². The van der Waals surface area contributed by atoms with Crippen molar-refractivity contribution in [2.75, 3.05) is 33.4 Å². The van der Waals surface area contributed by atoms with Crippen LogP contribution in [0.5, 0.6) is 0 Å². The Kier molecular flexibility index (Phi) is 47.7. The molecular formula is C52H100NO8P. The summed E-state index contributed by atoms with van der Waals surface area (Å²) in [5.41, 5.74) is 0. The Morgan fingerprint density at radius 1 is 0.484 bits per heavy atom. The summed E-state index contributed by atoms with van der Waals surface area (Å²) < 4.78 is 33.4. The molecule has 0 aliphatic carbocycles. The highest BCUT2D eigenvalue weighted by Crippen LogP contribution is 2.43. The Labute approximate surface area is 383 Å². The maximum absolute atomic E-state index is 12.7. The fourth-order valence-corrected chi connectivity index (χ4v) is 8.30. The molecule has 0 saturated heterocycles. The van der Waals surface area contributed by atoms with Crippen molar-refractivity contribution in [1.82, 2.24) is 5.32 Å². The van der Waals surface area contributed by atoms with Crippen LogP contribution in [0.1, 0.15) is 258 Å². The molecule has 10 heteroatoms. The van der Waals surface area contributed by atoms with E-state index in [1.165, 1.54) is 186 Å². The number of carbonyl (C=O) groups excluding carboxylic acids is 2. The first-order valence-corrected chi connectivity index (χ1v) is 27.8. The van der Waals surface area contributed by atoms with E-state index in [-0.39, 0.29) is 32.0 Å². The summed E-state index contributed by atoms with van der Waals surface area (Å²) in [5.74, 6) is -0.797. The molecule has 2 atom stereocenters. The highest BCUT2D eigenvalue weighted by atomic mass is 31.2. The number of nitrogens with one attached hydrogen (secondary N) is 1. The Bertz CT molecular complexity index is 1070. The van der Waals surface area contributed by atoms with Crippen LogP contribution < -0.4 is 5.32 Å². The van der Waals surface area contributed by atoms with Gasteiger partial charge in [-0.2, -0.15) is 0 Å². The molecule has 9 nitrogen and oxygen atoms in total. The molecule has 0 bridgehead atoms. The molecule has 2 N–H and O–H groups in total. The molecule has 0 spiro atoms. The average molecular weight is 898 g/mol. The van der Waals surface area contributed by atoms with E-state index in [1.807, 2.05) is 0 Å². The van der Waals surface area contributed by atoms with Gasteiger partial charge in [0.2, 0.25) is 0 Å². The fraction of sp³-hybridized carbons (Fsp3) is 0.885. The van der Waals surface area contributed by atoms with Crippen LogP contribution in [0.3, 0.4) is 0 Å². The molecule has 0 amide bonds. The van der Waals surface area contributed by atoms with Gasteiger partial charge in [-0.1, -0.05) is 205 Å². The normalized spacial score (nSPS) is 13.3. The Hall–Kier alpha value is -1.51. The van der Waals surface area contributed by atoms with Gasteiger partial charge >= 0.3 is 19.8 Å². The third kappa shape index (κ3) is 48.0. The molecule has 0 radical (unpaired) electrons. The molecule has 0 aromatic rings. The van der Waals surface area contributed by atoms with Gasteiger partial charge in [-0.3, -0.25) is 18.6 Å². The van der Waals surface area contributed by atoms with E-state index in [0.29, 0.717) is 13.0 Å². The molecule has 0 heterocycles. The van der Waals surface area contributed by atoms with E-state index in [0.717, 1.165) is 38.5 Å². The van der Waals surface area contributed by atoms with Gasteiger partial charge in [0.1, 0.15) is 6.61 Å². The summed E-state index contributed by atoms with van der Waals surface area (Å²) >= 11 is 0. The van der Waals surface area contributed by atoms with Crippen LogP contribution in [-0.2, 0) is 32.7 Å². The second-order valence-corrected chi connectivity index (χ2v) is 19.2. The van der Waals surface area contributed by atoms with Gasteiger partial charge < -0.3 is 19.7 Å². The van der Waals surface area contributed by atoms with Crippen LogP contribution in [0, 0.1) is 0 Å². The largest absolute Gasteiger partial charge is 0.472 e. The van der Waals surface area contributed by atoms with Crippen molar-refractivity contribution in [2.45, 2.75) is 264 Å². The van der Waals surface area contributed by atoms with Crippen LogP contribution in [0.4, 0.5) is 0 Å². The lowest BCUT2D eigenvalue weighted by Crippen LogP contribution is -2.29. The van der Waals surface area contributed by atoms with Crippen molar-refractivity contribution in [3.8, 4) is 0 Å². The SMILES string of the molecule is CCCCCCCC/C=C\CCCCCCCCCCCCCC(=O)OCC(COP(=O)(O)OCCNC)OC(=O)CCCCCCCCCCC/C=C\CCCCCCCC. The number of esters is 2. The van der Waals surface area contributed by atoms with Gasteiger partial charge in [-0.15, -0.1) is 0 Å². The Morgan fingerprint density at radius 2 is 0.823 bits per heavy atom. The molecule has 0 aliphatic heterocycles. The Morgan fingerprint density at radius 3 is 1.19 bits per heavy atom. The van der Waals surface area contributed by atoms with Crippen molar-refractivity contribution in [3.05, 3.63) is 24.3 Å². The van der Waals surface area contributed by atoms with E-state index >= 15 is 0 Å². The summed E-state index contributed by atoms with van der Waals surface area (Å²) in [6, 6.07) is 0. The van der Waals surface area contributed by atoms with Crippen LogP contribution in [-0.4, -0.2) is 56.3 Å². The number of phosphoric acid groups is 1. The van der Waals surface area contributed by atoms with Gasteiger partial charge in [0.25, 0.3) is 0 Å². The predicted molar refractivity (Wildman–Crippen MR) is 262 cm³/mol. The number of phosphoric ester groups is 1. The van der Waals surface area contributed by atoms with Crippen LogP contribution in [0.2, 0.25) is 0 Å². The first-order chi connectivity index (χ1) is 30.3. The number of hydrogen-bond donors (Lipinski definition) is 2. The summed E-state index contributed by atoms with van der Waals surface area (Å²) in [4.78, 5) is 35.3. The lowest BCUT2D eigenvalue weighted by Gasteiger charge is -2.20. The highest BCUT2D eigenvalue weighted by Gasteiger charge is 2.26. The van der Waals surface area contributed by atoms with Crippen LogP contribution in [0.25, 0.3) is 0 Å². The van der Waals surface area contributed by atoms with Crippen molar-refractivity contribution < 1.29 is 37.6 Å². The third-order valence-corrected chi connectivity index (χ3v) is 12.5. The standard InChI is InChI=1S/C52H100NO8P/c1-4-6-8-10-12-14-16-18-20-22-24-25-27-28-30-32-34-36-38-40-42-44-51(54)58-48-50(49-60-62(56,57)59-47-46-53-3)61-52(55)45-43-41-39-37-35-33-31-29-26-23-21-19-17-15-13-11-9-7-5-2/h18-21,50,53H,4-17,22-49H2,1-3H3,(H,56,57)/b20-18-,21-19-. The van der Waals surface area contributed by atoms with Crippen molar-refractivity contribution in [2.24, 2.45) is 0 Å². The number of likely N-dealkylation sites (N-methyl/N-ethyl adjacent to an activating group) is 1. The zero-order valence-corrected chi connectivity index (χ0v) is 41.7. The Balaban J connectivity index is 4.08. The number of rotatable bonds is 50. The number of carbonyl (C=O) groups is 2. The summed E-state index contributed by atoms with van der Waals surface area (Å²) in [6.45, 7) is 4.26. The minimum Gasteiger partial charge on any atom is -0.462 e. The minimum atomic E-state index is -4.35. The zero-order chi connectivity index (χ0) is 45.3. The van der Waals surface area contributed by atoms with E-state index in [2.05, 4.69) is 43.5 Å². The zero-order valence-electron chi connectivity index (χ0n) is 40.8. The van der Waals surface area contributed by atoms with E-state index < -0.39 is 26.5 Å². The van der Waals surface area contributed by atoms with Gasteiger partial charge in [0.05, 0.1) is 13.2 Å². The molecular weight excluding hydrogens is 798 g/mol. The van der Waals surface area contributed by atoms with E-state index in [1.54, 1.807) is 7.05 Å². The first-order valence-electron chi connectivity index (χ1n) is 26.3. The fourth-order valence-electron chi connectivity index (χ4n) is 7.54. The van der Waals surface area contributed by atoms with Crippen molar-refractivity contribution in [1.29, 1.82) is 0 Å². The summed E-state index contributed by atoms with van der Waals surface area (Å²) in [7, 11) is -2.65. The van der Waals surface area contributed by atoms with Gasteiger partial charge in [-0.25, -0.2) is 4.57 Å². The van der Waals surface area contributed by atoms with Crippen LogP contribution >= 0.6 is 7.82 Å². The molecule has 0 aromatic heterocycles. The number of unbranched alkanes of at least 4 members (excludes halogenated alkanes) is 32. The molecule has 0 rings (SSSR count). The molecule has 0 fully saturated rings. The maximum atomic E-state index is 12.7. The molecule has 366 valence electrons. The van der Waals surface area contributed by atoms with Gasteiger partial charge in [0.15, 0.2) is 6.10 Å². The van der Waals surface area contributed by atoms with Crippen LogP contribution in [0.15, 0.2) is 24.3 Å². The van der Waals surface area contributed by atoms with Gasteiger partial charge in [0, 0.05) is 19.4 Å². The molecule has 0 aromatic carbocycles. The first kappa shape index (κ1) is 60.5. The second-order valence-electron chi connectivity index (χ2n) is 17.7. The number of ether oxygens (including phenoxy) is 2. The summed E-state index contributed by atoms with van der Waals surface area (Å²) in [5, 5.41) is 2.83. The van der Waals surface area contributed by atoms with E-state index in [4.69, 9.17) is 18.5 Å². The number of allylic oxidation sites excluding steroid dienone is 4. The lowest BCUT2D eigenvalue weighted by molar-refractivity contribution is -0.161. The third-order valence-electron chi connectivity index (χ3n) is 11.5. The quantitative estimate of drug-likeness (QED) is 0.0266. The molecule has 2 unspecified atom stereocenters. The highest BCUT2D eigenvalue weighted by molar-refractivity contribution is 7.47. The predicted octanol–water partition coefficient (Wildman–Crippen LogP) is 15.8. The lowest BCUT2D eigenvalue weighted by atomic mass is 10.0. The van der Waals surface area contributed by atoms with Crippen molar-refractivity contribution in [3.63, 3.8) is 0 Å². The van der Waals surface area contributed by atoms with E-state index in [9.17, 15) is 19.0 Å². The van der Waals surface area contributed by atoms with Crippen molar-refractivity contribution >= 4 is 19.8 Å². The number of hydrogen-bond acceptors (Lipinski definition) is 8. The summed E-state index contributed by atoms with van der Waals surface area (Å²) in [6.07, 6.45) is 53.7. The maximum Gasteiger partial charge on any atom is 0.472 e. The smallest absolute Gasteiger partial charge is 0.462 e. The second kappa shape index (κ2) is 48.9. The molecule has 0 saturated carbocycles.